The summed E-state index contributed by atoms with van der Waals surface area (Å²) in [6, 6.07) is 7.86. The summed E-state index contributed by atoms with van der Waals surface area (Å²) in [6.07, 6.45) is 3.42. The molecule has 2 heterocycles. The van der Waals surface area contributed by atoms with Crippen LogP contribution in [0.1, 0.15) is 19.9 Å². The highest BCUT2D eigenvalue weighted by Crippen LogP contribution is 2.26. The number of nitrogens with zero attached hydrogens (tertiary/aromatic N) is 4. The second kappa shape index (κ2) is 6.12. The molecular formula is C16H19N5O2. The Balaban J connectivity index is 1.75. The van der Waals surface area contributed by atoms with Crippen molar-refractivity contribution in [1.29, 1.82) is 0 Å². The van der Waals surface area contributed by atoms with E-state index in [2.05, 4.69) is 15.5 Å². The van der Waals surface area contributed by atoms with Gasteiger partial charge in [0.1, 0.15) is 12.3 Å². The van der Waals surface area contributed by atoms with E-state index in [1.54, 1.807) is 18.1 Å². The molecule has 23 heavy (non-hydrogen) atoms. The SMILES string of the molecule is COc1cccc2c1ccn2CC(=O)Nc1cnn(C(C)C)n1. The third-order valence-corrected chi connectivity index (χ3v) is 3.55. The predicted molar refractivity (Wildman–Crippen MR) is 87.5 cm³/mol. The van der Waals surface area contributed by atoms with Gasteiger partial charge < -0.3 is 14.6 Å². The summed E-state index contributed by atoms with van der Waals surface area (Å²) in [7, 11) is 1.64. The molecular weight excluding hydrogens is 294 g/mol. The molecule has 0 aliphatic heterocycles. The van der Waals surface area contributed by atoms with Crippen molar-refractivity contribution in [3.05, 3.63) is 36.7 Å². The molecule has 3 aromatic rings. The molecule has 0 fully saturated rings. The molecule has 1 amide bonds. The maximum absolute atomic E-state index is 12.2. The van der Waals surface area contributed by atoms with E-state index in [-0.39, 0.29) is 18.5 Å². The molecule has 1 aromatic carbocycles. The molecule has 0 aliphatic carbocycles. The average molecular weight is 313 g/mol. The average Bonchev–Trinajstić information content (AvgIpc) is 3.14. The number of methoxy groups -OCH3 is 1. The van der Waals surface area contributed by atoms with E-state index in [0.717, 1.165) is 16.7 Å². The van der Waals surface area contributed by atoms with Gasteiger partial charge in [-0.2, -0.15) is 9.90 Å². The van der Waals surface area contributed by atoms with Crippen LogP contribution in [0.15, 0.2) is 36.7 Å². The fourth-order valence-corrected chi connectivity index (χ4v) is 2.43. The highest BCUT2D eigenvalue weighted by molar-refractivity contribution is 5.92. The number of anilines is 1. The van der Waals surface area contributed by atoms with Crippen molar-refractivity contribution >= 4 is 22.6 Å². The van der Waals surface area contributed by atoms with Crippen LogP contribution in [-0.4, -0.2) is 32.6 Å². The number of aromatic nitrogens is 4. The van der Waals surface area contributed by atoms with E-state index in [0.29, 0.717) is 5.82 Å². The number of rotatable bonds is 5. The lowest BCUT2D eigenvalue weighted by molar-refractivity contribution is -0.116. The van der Waals surface area contributed by atoms with Gasteiger partial charge in [0.25, 0.3) is 0 Å². The number of fused-ring (bicyclic) bond motifs is 1. The Morgan fingerprint density at radius 1 is 1.35 bits per heavy atom. The minimum absolute atomic E-state index is 0.152. The molecule has 0 spiro atoms. The third kappa shape index (κ3) is 3.03. The first-order valence-corrected chi connectivity index (χ1v) is 7.42. The summed E-state index contributed by atoms with van der Waals surface area (Å²) in [5.74, 6) is 1.10. The third-order valence-electron chi connectivity index (χ3n) is 3.55. The normalized spacial score (nSPS) is 11.1. The van der Waals surface area contributed by atoms with Crippen LogP contribution >= 0.6 is 0 Å². The van der Waals surface area contributed by atoms with Gasteiger partial charge in [0.2, 0.25) is 5.91 Å². The fraction of sp³-hybridized carbons (Fsp3) is 0.312. The van der Waals surface area contributed by atoms with Crippen LogP contribution in [0, 0.1) is 0 Å². The zero-order valence-corrected chi connectivity index (χ0v) is 13.4. The summed E-state index contributed by atoms with van der Waals surface area (Å²) in [5, 5.41) is 12.1. The molecule has 0 unspecified atom stereocenters. The minimum atomic E-state index is -0.152. The van der Waals surface area contributed by atoms with Gasteiger partial charge in [0, 0.05) is 11.6 Å². The molecule has 0 atom stereocenters. The standard InChI is InChI=1S/C16H19N5O2/c1-11(2)21-17-9-15(19-21)18-16(22)10-20-8-7-12-13(20)5-4-6-14(12)23-3/h4-9,11H,10H2,1-3H3,(H,18,19,22). The van der Waals surface area contributed by atoms with Gasteiger partial charge >= 0.3 is 0 Å². The summed E-state index contributed by atoms with van der Waals surface area (Å²) < 4.78 is 7.21. The number of benzene rings is 1. The Kier molecular flexibility index (Phi) is 4.01. The van der Waals surface area contributed by atoms with Crippen LogP contribution in [0.5, 0.6) is 5.75 Å². The maximum atomic E-state index is 12.2. The highest BCUT2D eigenvalue weighted by atomic mass is 16.5. The quantitative estimate of drug-likeness (QED) is 0.785. The zero-order chi connectivity index (χ0) is 16.4. The van der Waals surface area contributed by atoms with Crippen LogP contribution in [0.4, 0.5) is 5.82 Å². The van der Waals surface area contributed by atoms with E-state index in [9.17, 15) is 4.79 Å². The smallest absolute Gasteiger partial charge is 0.245 e. The van der Waals surface area contributed by atoms with Crippen LogP contribution in [0.2, 0.25) is 0 Å². The van der Waals surface area contributed by atoms with Gasteiger partial charge in [-0.25, -0.2) is 0 Å². The van der Waals surface area contributed by atoms with Gasteiger partial charge in [0.05, 0.1) is 24.9 Å². The number of ether oxygens (including phenoxy) is 1. The summed E-state index contributed by atoms with van der Waals surface area (Å²) in [6.45, 7) is 4.15. The molecule has 7 heteroatoms. The van der Waals surface area contributed by atoms with Gasteiger partial charge in [-0.05, 0) is 32.0 Å². The first-order valence-electron chi connectivity index (χ1n) is 7.42. The largest absolute Gasteiger partial charge is 0.496 e. The van der Waals surface area contributed by atoms with Crippen molar-refractivity contribution in [1.82, 2.24) is 19.6 Å². The minimum Gasteiger partial charge on any atom is -0.496 e. The fourth-order valence-electron chi connectivity index (χ4n) is 2.43. The van der Waals surface area contributed by atoms with Gasteiger partial charge in [-0.15, -0.1) is 5.10 Å². The maximum Gasteiger partial charge on any atom is 0.245 e. The van der Waals surface area contributed by atoms with Gasteiger partial charge in [-0.3, -0.25) is 4.79 Å². The van der Waals surface area contributed by atoms with Crippen molar-refractivity contribution < 1.29 is 9.53 Å². The Morgan fingerprint density at radius 2 is 2.17 bits per heavy atom. The monoisotopic (exact) mass is 313 g/mol. The van der Waals surface area contributed by atoms with E-state index in [1.807, 2.05) is 48.9 Å². The van der Waals surface area contributed by atoms with Crippen molar-refractivity contribution in [2.24, 2.45) is 0 Å². The van der Waals surface area contributed by atoms with Crippen molar-refractivity contribution in [3.8, 4) is 5.75 Å². The number of carbonyl (C=O) groups is 1. The van der Waals surface area contributed by atoms with E-state index in [4.69, 9.17) is 4.74 Å². The predicted octanol–water partition coefficient (Wildman–Crippen LogP) is 2.46. The molecule has 1 N–H and O–H groups in total. The molecule has 0 radical (unpaired) electrons. The first-order chi connectivity index (χ1) is 11.1. The number of carbonyl (C=O) groups excluding carboxylic acids is 1. The van der Waals surface area contributed by atoms with Crippen molar-refractivity contribution in [2.45, 2.75) is 26.4 Å². The lowest BCUT2D eigenvalue weighted by Crippen LogP contribution is -2.18. The molecule has 120 valence electrons. The zero-order valence-electron chi connectivity index (χ0n) is 13.4. The molecule has 0 aliphatic rings. The molecule has 2 aromatic heterocycles. The number of amides is 1. The van der Waals surface area contributed by atoms with Crippen molar-refractivity contribution in [2.75, 3.05) is 12.4 Å². The lowest BCUT2D eigenvalue weighted by Gasteiger charge is -2.07. The van der Waals surface area contributed by atoms with E-state index < -0.39 is 0 Å². The summed E-state index contributed by atoms with van der Waals surface area (Å²) in [5.41, 5.74) is 0.949. The Bertz CT molecular complexity index is 834. The Hall–Kier alpha value is -2.83. The Labute approximate surface area is 133 Å². The molecule has 0 saturated heterocycles. The van der Waals surface area contributed by atoms with E-state index in [1.165, 1.54) is 0 Å². The first kappa shape index (κ1) is 15.1. The Morgan fingerprint density at radius 3 is 2.87 bits per heavy atom. The number of nitrogens with one attached hydrogen (secondary N) is 1. The molecule has 0 bridgehead atoms. The van der Waals surface area contributed by atoms with Gasteiger partial charge in [0.15, 0.2) is 5.82 Å². The second-order valence-corrected chi connectivity index (χ2v) is 5.53. The molecule has 7 nitrogen and oxygen atoms in total. The van der Waals surface area contributed by atoms with Crippen LogP contribution in [-0.2, 0) is 11.3 Å². The van der Waals surface area contributed by atoms with Gasteiger partial charge in [-0.1, -0.05) is 6.07 Å². The molecule has 3 rings (SSSR count). The van der Waals surface area contributed by atoms with Crippen LogP contribution < -0.4 is 10.1 Å². The number of hydrogen-bond acceptors (Lipinski definition) is 4. The topological polar surface area (TPSA) is 74.0 Å². The number of hydrogen-bond donors (Lipinski definition) is 1. The summed E-state index contributed by atoms with van der Waals surface area (Å²) in [4.78, 5) is 13.8. The lowest BCUT2D eigenvalue weighted by atomic mass is 10.2. The molecule has 0 saturated carbocycles. The van der Waals surface area contributed by atoms with E-state index >= 15 is 0 Å². The van der Waals surface area contributed by atoms with Crippen LogP contribution in [0.25, 0.3) is 10.9 Å². The second-order valence-electron chi connectivity index (χ2n) is 5.53. The van der Waals surface area contributed by atoms with Crippen LogP contribution in [0.3, 0.4) is 0 Å². The van der Waals surface area contributed by atoms with Crippen molar-refractivity contribution in [3.63, 3.8) is 0 Å². The summed E-state index contributed by atoms with van der Waals surface area (Å²) >= 11 is 0. The highest BCUT2D eigenvalue weighted by Gasteiger charge is 2.11.